The van der Waals surface area contributed by atoms with Crippen LogP contribution < -0.4 is 4.74 Å². The van der Waals surface area contributed by atoms with E-state index in [4.69, 9.17) is 9.47 Å². The predicted octanol–water partition coefficient (Wildman–Crippen LogP) is 4.53. The predicted molar refractivity (Wildman–Crippen MR) is 114 cm³/mol. The molecule has 0 spiro atoms. The number of rotatable bonds is 5. The Morgan fingerprint density at radius 3 is 2.41 bits per heavy atom. The Morgan fingerprint density at radius 2 is 1.76 bits per heavy atom. The van der Waals surface area contributed by atoms with Gasteiger partial charge in [0.05, 0.1) is 32.0 Å². The molecule has 1 aromatic rings. The van der Waals surface area contributed by atoms with Crippen molar-refractivity contribution >= 4 is 0 Å². The van der Waals surface area contributed by atoms with Gasteiger partial charge in [0.15, 0.2) is 0 Å². The van der Waals surface area contributed by atoms with Gasteiger partial charge in [0, 0.05) is 24.3 Å². The lowest BCUT2D eigenvalue weighted by Gasteiger charge is -2.33. The fraction of sp³-hybridized carbons (Fsp3) is 0.360. The fourth-order valence-corrected chi connectivity index (χ4v) is 4.28. The highest BCUT2D eigenvalue weighted by Crippen LogP contribution is 2.39. The Kier molecular flexibility index (Phi) is 5.86. The monoisotopic (exact) mass is 392 g/mol. The number of hydrogen-bond acceptors (Lipinski definition) is 4. The minimum absolute atomic E-state index is 0.0789. The molecule has 4 unspecified atom stereocenters. The van der Waals surface area contributed by atoms with Gasteiger partial charge in [-0.3, -0.25) is 0 Å². The molecule has 2 aliphatic carbocycles. The summed E-state index contributed by atoms with van der Waals surface area (Å²) in [5.74, 6) is 0.983. The third-order valence-electron chi connectivity index (χ3n) is 5.92. The highest BCUT2D eigenvalue weighted by atomic mass is 16.5. The molecular formula is C25H28O4. The quantitative estimate of drug-likeness (QED) is 0.670. The largest absolute Gasteiger partial charge is 0.496 e. The van der Waals surface area contributed by atoms with Crippen molar-refractivity contribution in [2.45, 2.75) is 44.0 Å². The van der Waals surface area contributed by atoms with Crippen molar-refractivity contribution in [1.82, 2.24) is 0 Å². The Labute approximate surface area is 172 Å². The number of benzene rings is 1. The number of hydrogen-bond donors (Lipinski definition) is 2. The third kappa shape index (κ3) is 4.15. The molecule has 4 atom stereocenters. The first-order valence-electron chi connectivity index (χ1n) is 10.2. The van der Waals surface area contributed by atoms with Gasteiger partial charge >= 0.3 is 0 Å². The Morgan fingerprint density at radius 1 is 1.03 bits per heavy atom. The van der Waals surface area contributed by atoms with E-state index in [1.54, 1.807) is 7.11 Å². The Balaban J connectivity index is 1.68. The van der Waals surface area contributed by atoms with E-state index in [-0.39, 0.29) is 24.7 Å². The molecule has 152 valence electrons. The Hall–Kier alpha value is -2.40. The lowest BCUT2D eigenvalue weighted by molar-refractivity contribution is -0.113. The lowest BCUT2D eigenvalue weighted by atomic mass is 9.89. The molecule has 4 rings (SSSR count). The Bertz CT molecular complexity index is 907. The van der Waals surface area contributed by atoms with Crippen molar-refractivity contribution in [2.75, 3.05) is 13.7 Å². The molecule has 3 aliphatic rings. The van der Waals surface area contributed by atoms with Crippen LogP contribution >= 0.6 is 0 Å². The summed E-state index contributed by atoms with van der Waals surface area (Å²) in [5, 5.41) is 19.7. The standard InChI is InChI=1S/C25H28O4/c1-16(20-10-17-6-4-3-5-7-18(17)11-20)23-12-19(8-9-24(23)28-2)25-14-21(27)13-22(15-26)29-25/h3-12,16,21-22,25-27H,13-15H2,1-2H3. The highest BCUT2D eigenvalue weighted by molar-refractivity contribution is 5.69. The molecule has 1 fully saturated rings. The molecule has 1 aromatic carbocycles. The van der Waals surface area contributed by atoms with Crippen LogP contribution in [-0.2, 0) is 4.74 Å². The highest BCUT2D eigenvalue weighted by Gasteiger charge is 2.30. The van der Waals surface area contributed by atoms with Crippen LogP contribution in [0.15, 0.2) is 60.7 Å². The topological polar surface area (TPSA) is 58.9 Å². The summed E-state index contributed by atoms with van der Waals surface area (Å²) < 4.78 is 11.7. The molecule has 0 saturated carbocycles. The number of fused-ring (bicyclic) bond motifs is 1. The van der Waals surface area contributed by atoms with Crippen molar-refractivity contribution in [2.24, 2.45) is 0 Å². The van der Waals surface area contributed by atoms with Gasteiger partial charge in [-0.25, -0.2) is 0 Å². The molecular weight excluding hydrogens is 364 g/mol. The van der Waals surface area contributed by atoms with Gasteiger partial charge in [-0.15, -0.1) is 0 Å². The van der Waals surface area contributed by atoms with E-state index in [1.807, 2.05) is 18.2 Å². The molecule has 0 aromatic heterocycles. The van der Waals surface area contributed by atoms with Gasteiger partial charge in [0.2, 0.25) is 0 Å². The zero-order chi connectivity index (χ0) is 20.4. The van der Waals surface area contributed by atoms with Gasteiger partial charge in [-0.1, -0.05) is 55.5 Å². The van der Waals surface area contributed by atoms with Crippen molar-refractivity contribution in [3.63, 3.8) is 0 Å². The summed E-state index contributed by atoms with van der Waals surface area (Å²) in [6.07, 6.45) is -0.00876. The second-order valence-electron chi connectivity index (χ2n) is 7.89. The first-order valence-corrected chi connectivity index (χ1v) is 10.2. The normalized spacial score (nSPS) is 23.1. The number of methoxy groups -OCH3 is 1. The van der Waals surface area contributed by atoms with Gasteiger partial charge in [-0.05, 0) is 34.4 Å². The average molecular weight is 392 g/mol. The van der Waals surface area contributed by atoms with Crippen LogP contribution in [0.1, 0.15) is 48.5 Å². The third-order valence-corrected chi connectivity index (χ3v) is 5.92. The van der Waals surface area contributed by atoms with Crippen LogP contribution in [-0.4, -0.2) is 36.1 Å². The first kappa shape index (κ1) is 19.9. The van der Waals surface area contributed by atoms with Gasteiger partial charge < -0.3 is 19.7 Å². The van der Waals surface area contributed by atoms with Crippen LogP contribution in [0.2, 0.25) is 0 Å². The zero-order valence-electron chi connectivity index (χ0n) is 16.9. The van der Waals surface area contributed by atoms with Crippen LogP contribution in [0.4, 0.5) is 0 Å². The van der Waals surface area contributed by atoms with Gasteiger partial charge in [0.25, 0.3) is 0 Å². The molecule has 1 heterocycles. The maximum atomic E-state index is 10.2. The van der Waals surface area contributed by atoms with E-state index >= 15 is 0 Å². The molecule has 1 aliphatic heterocycles. The summed E-state index contributed by atoms with van der Waals surface area (Å²) >= 11 is 0. The lowest BCUT2D eigenvalue weighted by Crippen LogP contribution is -2.33. The molecule has 4 nitrogen and oxygen atoms in total. The van der Waals surface area contributed by atoms with Crippen LogP contribution in [0.25, 0.3) is 11.1 Å². The fourth-order valence-electron chi connectivity index (χ4n) is 4.28. The number of aliphatic hydroxyl groups is 2. The maximum Gasteiger partial charge on any atom is 0.122 e. The SMILES string of the molecule is COc1ccc(C2CC(O)CC(CO)O2)cc1C(C)c1cc2cccccc-2c1. The second-order valence-corrected chi connectivity index (χ2v) is 7.89. The number of aliphatic hydroxyl groups excluding tert-OH is 2. The van der Waals surface area contributed by atoms with Crippen LogP contribution in [0.3, 0.4) is 0 Å². The van der Waals surface area contributed by atoms with E-state index in [2.05, 4.69) is 49.4 Å². The molecule has 0 bridgehead atoms. The van der Waals surface area contributed by atoms with Gasteiger partial charge in [-0.2, -0.15) is 0 Å². The van der Waals surface area contributed by atoms with E-state index in [0.717, 1.165) is 16.9 Å². The smallest absolute Gasteiger partial charge is 0.122 e. The summed E-state index contributed by atoms with van der Waals surface area (Å²) in [7, 11) is 1.69. The summed E-state index contributed by atoms with van der Waals surface area (Å²) in [6, 6.07) is 21.0. The second kappa shape index (κ2) is 8.54. The van der Waals surface area contributed by atoms with Crippen LogP contribution in [0, 0.1) is 0 Å². The molecule has 29 heavy (non-hydrogen) atoms. The molecule has 4 heteroatoms. The van der Waals surface area contributed by atoms with E-state index < -0.39 is 6.10 Å². The minimum atomic E-state index is -0.463. The average Bonchev–Trinajstić information content (AvgIpc) is 3.02. The number of ether oxygens (including phenoxy) is 2. The first-order chi connectivity index (χ1) is 14.1. The van der Waals surface area contributed by atoms with E-state index in [9.17, 15) is 10.2 Å². The molecule has 0 amide bonds. The van der Waals surface area contributed by atoms with Crippen molar-refractivity contribution in [3.05, 3.63) is 77.4 Å². The summed E-state index contributed by atoms with van der Waals surface area (Å²) in [6.45, 7) is 2.10. The molecule has 2 N–H and O–H groups in total. The van der Waals surface area contributed by atoms with E-state index in [1.165, 1.54) is 16.7 Å². The van der Waals surface area contributed by atoms with Crippen molar-refractivity contribution in [3.8, 4) is 16.9 Å². The van der Waals surface area contributed by atoms with Crippen molar-refractivity contribution in [1.29, 1.82) is 0 Å². The minimum Gasteiger partial charge on any atom is -0.496 e. The van der Waals surface area contributed by atoms with Gasteiger partial charge in [0.1, 0.15) is 5.75 Å². The molecule has 0 radical (unpaired) electrons. The maximum absolute atomic E-state index is 10.2. The molecule has 1 saturated heterocycles. The summed E-state index contributed by atoms with van der Waals surface area (Å²) in [4.78, 5) is 0. The van der Waals surface area contributed by atoms with Crippen molar-refractivity contribution < 1.29 is 19.7 Å². The van der Waals surface area contributed by atoms with Crippen LogP contribution in [0.5, 0.6) is 5.75 Å². The zero-order valence-corrected chi connectivity index (χ0v) is 16.9. The van der Waals surface area contributed by atoms with E-state index in [0.29, 0.717) is 12.8 Å². The summed E-state index contributed by atoms with van der Waals surface area (Å²) in [5.41, 5.74) is 5.77.